The second-order valence-electron chi connectivity index (χ2n) is 2.96. The van der Waals surface area contributed by atoms with Gasteiger partial charge >= 0.3 is 0 Å². The van der Waals surface area contributed by atoms with Gasteiger partial charge in [0, 0.05) is 11.8 Å². The number of rotatable bonds is 3. The van der Waals surface area contributed by atoms with Crippen molar-refractivity contribution in [3.8, 4) is 10.6 Å². The van der Waals surface area contributed by atoms with Gasteiger partial charge < -0.3 is 0 Å². The van der Waals surface area contributed by atoms with Crippen LogP contribution in [0.2, 0.25) is 0 Å². The Morgan fingerprint density at radius 3 is 2.73 bits per heavy atom. The summed E-state index contributed by atoms with van der Waals surface area (Å²) in [5.74, 6) is -0.0744. The average molecular weight is 215 g/mol. The molecule has 3 heteroatoms. The molecule has 2 nitrogen and oxygen atoms in total. The molecule has 0 N–H and O–H groups in total. The highest BCUT2D eigenvalue weighted by Gasteiger charge is 2.07. The van der Waals surface area contributed by atoms with E-state index in [-0.39, 0.29) is 5.78 Å². The molecule has 2 rings (SSSR count). The average Bonchev–Trinajstić information content (AvgIpc) is 2.78. The minimum atomic E-state index is -0.0744. The zero-order chi connectivity index (χ0) is 10.7. The summed E-state index contributed by atoms with van der Waals surface area (Å²) in [6, 6.07) is 9.80. The predicted molar refractivity (Wildman–Crippen MR) is 62.1 cm³/mol. The van der Waals surface area contributed by atoms with E-state index in [1.54, 1.807) is 6.20 Å². The summed E-state index contributed by atoms with van der Waals surface area (Å²) in [5, 5.41) is 0.862. The van der Waals surface area contributed by atoms with Gasteiger partial charge in [0.1, 0.15) is 5.01 Å². The number of ketones is 1. The third-order valence-corrected chi connectivity index (χ3v) is 3.02. The molecular formula is C12H9NOS. The third-order valence-electron chi connectivity index (χ3n) is 1.95. The van der Waals surface area contributed by atoms with Crippen molar-refractivity contribution < 1.29 is 4.79 Å². The maximum atomic E-state index is 11.3. The molecule has 15 heavy (non-hydrogen) atoms. The van der Waals surface area contributed by atoms with Gasteiger partial charge in [-0.05, 0) is 6.08 Å². The van der Waals surface area contributed by atoms with Crippen molar-refractivity contribution in [1.82, 2.24) is 4.98 Å². The monoisotopic (exact) mass is 215 g/mol. The van der Waals surface area contributed by atoms with Gasteiger partial charge in [0.25, 0.3) is 0 Å². The Morgan fingerprint density at radius 1 is 1.33 bits per heavy atom. The maximum Gasteiger partial charge on any atom is 0.196 e. The molecule has 0 fully saturated rings. The fraction of sp³-hybridized carbons (Fsp3) is 0. The van der Waals surface area contributed by atoms with Crippen LogP contribution in [-0.4, -0.2) is 10.8 Å². The highest BCUT2D eigenvalue weighted by Crippen LogP contribution is 2.24. The highest BCUT2D eigenvalue weighted by molar-refractivity contribution is 7.17. The summed E-state index contributed by atoms with van der Waals surface area (Å²) >= 11 is 1.39. The quantitative estimate of drug-likeness (QED) is 0.581. The molecule has 0 aliphatic heterocycles. The second-order valence-corrected chi connectivity index (χ2v) is 3.99. The molecule has 0 aliphatic carbocycles. The summed E-state index contributed by atoms with van der Waals surface area (Å²) in [7, 11) is 0. The summed E-state index contributed by atoms with van der Waals surface area (Å²) in [5.41, 5.74) is 1.03. The first-order valence-corrected chi connectivity index (χ1v) is 5.31. The summed E-state index contributed by atoms with van der Waals surface area (Å²) in [4.78, 5) is 16.1. The molecule has 0 amide bonds. The Balaban J connectivity index is 2.36. The van der Waals surface area contributed by atoms with Gasteiger partial charge in [-0.25, -0.2) is 4.98 Å². The van der Waals surface area contributed by atoms with Crippen molar-refractivity contribution in [2.24, 2.45) is 0 Å². The molecule has 0 atom stereocenters. The number of hydrogen-bond donors (Lipinski definition) is 0. The number of carbonyl (C=O) groups is 1. The van der Waals surface area contributed by atoms with E-state index >= 15 is 0 Å². The van der Waals surface area contributed by atoms with E-state index in [9.17, 15) is 4.79 Å². The van der Waals surface area contributed by atoms with Gasteiger partial charge in [-0.15, -0.1) is 11.3 Å². The van der Waals surface area contributed by atoms with Crippen molar-refractivity contribution in [2.45, 2.75) is 0 Å². The van der Waals surface area contributed by atoms with Crippen LogP contribution in [-0.2, 0) is 0 Å². The van der Waals surface area contributed by atoms with Gasteiger partial charge in [0.05, 0.1) is 4.88 Å². The van der Waals surface area contributed by atoms with Gasteiger partial charge in [-0.2, -0.15) is 0 Å². The van der Waals surface area contributed by atoms with Crippen molar-refractivity contribution in [3.05, 3.63) is 54.1 Å². The first-order valence-electron chi connectivity index (χ1n) is 4.49. The lowest BCUT2D eigenvalue weighted by molar-refractivity contribution is 0.105. The summed E-state index contributed by atoms with van der Waals surface area (Å²) in [6.45, 7) is 3.45. The number of hydrogen-bond acceptors (Lipinski definition) is 3. The van der Waals surface area contributed by atoms with Crippen molar-refractivity contribution in [1.29, 1.82) is 0 Å². The molecule has 1 heterocycles. The van der Waals surface area contributed by atoms with Gasteiger partial charge in [0.15, 0.2) is 5.78 Å². The lowest BCUT2D eigenvalue weighted by Crippen LogP contribution is -1.86. The second kappa shape index (κ2) is 4.19. The predicted octanol–water partition coefficient (Wildman–Crippen LogP) is 3.18. The lowest BCUT2D eigenvalue weighted by Gasteiger charge is -1.92. The molecule has 0 aliphatic rings. The Kier molecular flexibility index (Phi) is 2.74. The molecule has 0 radical (unpaired) electrons. The number of aromatic nitrogens is 1. The van der Waals surface area contributed by atoms with Crippen molar-refractivity contribution >= 4 is 17.1 Å². The van der Waals surface area contributed by atoms with E-state index in [0.29, 0.717) is 4.88 Å². The highest BCUT2D eigenvalue weighted by atomic mass is 32.1. The van der Waals surface area contributed by atoms with Gasteiger partial charge in [-0.1, -0.05) is 36.9 Å². The zero-order valence-corrected chi connectivity index (χ0v) is 8.83. The molecule has 2 aromatic rings. The zero-order valence-electron chi connectivity index (χ0n) is 8.01. The minimum Gasteiger partial charge on any atom is -0.288 e. The summed E-state index contributed by atoms with van der Waals surface area (Å²) in [6.07, 6.45) is 2.90. The molecule has 0 saturated carbocycles. The van der Waals surface area contributed by atoms with Crippen LogP contribution in [0.4, 0.5) is 0 Å². The van der Waals surface area contributed by atoms with Gasteiger partial charge in [0.2, 0.25) is 0 Å². The summed E-state index contributed by atoms with van der Waals surface area (Å²) < 4.78 is 0. The fourth-order valence-electron chi connectivity index (χ4n) is 1.20. The standard InChI is InChI=1S/C12H9NOS/c1-2-10(14)11-8-13-12(15-11)9-6-4-3-5-7-9/h2-8H,1H2. The largest absolute Gasteiger partial charge is 0.288 e. The van der Waals surface area contributed by atoms with E-state index in [2.05, 4.69) is 11.6 Å². The van der Waals surface area contributed by atoms with E-state index in [0.717, 1.165) is 10.6 Å². The first kappa shape index (κ1) is 9.80. The first-order chi connectivity index (χ1) is 7.31. The van der Waals surface area contributed by atoms with E-state index in [1.807, 2.05) is 30.3 Å². The number of carbonyl (C=O) groups excluding carboxylic acids is 1. The van der Waals surface area contributed by atoms with Gasteiger partial charge in [-0.3, -0.25) is 4.79 Å². The molecule has 0 saturated heterocycles. The molecular weight excluding hydrogens is 206 g/mol. The molecule has 0 unspecified atom stereocenters. The number of thiazole rings is 1. The van der Waals surface area contributed by atoms with E-state index in [1.165, 1.54) is 17.4 Å². The lowest BCUT2D eigenvalue weighted by atomic mass is 10.2. The normalized spacial score (nSPS) is 9.87. The number of benzene rings is 1. The van der Waals surface area contributed by atoms with Crippen LogP contribution in [0, 0.1) is 0 Å². The van der Waals surface area contributed by atoms with Crippen molar-refractivity contribution in [2.75, 3.05) is 0 Å². The molecule has 74 valence electrons. The molecule has 0 bridgehead atoms. The van der Waals surface area contributed by atoms with Crippen LogP contribution in [0.3, 0.4) is 0 Å². The minimum absolute atomic E-state index is 0.0744. The Hall–Kier alpha value is -1.74. The SMILES string of the molecule is C=CC(=O)c1cnc(-c2ccccc2)s1. The van der Waals surface area contributed by atoms with Crippen LogP contribution in [0.5, 0.6) is 0 Å². The Bertz CT molecular complexity index is 487. The van der Waals surface area contributed by atoms with E-state index in [4.69, 9.17) is 0 Å². The van der Waals surface area contributed by atoms with E-state index < -0.39 is 0 Å². The Labute approximate surface area is 91.9 Å². The van der Waals surface area contributed by atoms with Crippen LogP contribution >= 0.6 is 11.3 Å². The Morgan fingerprint density at radius 2 is 2.07 bits per heavy atom. The fourth-order valence-corrected chi connectivity index (χ4v) is 2.06. The van der Waals surface area contributed by atoms with Crippen LogP contribution in [0.1, 0.15) is 9.67 Å². The smallest absolute Gasteiger partial charge is 0.196 e. The van der Waals surface area contributed by atoms with Crippen molar-refractivity contribution in [3.63, 3.8) is 0 Å². The molecule has 1 aromatic carbocycles. The van der Waals surface area contributed by atoms with Crippen LogP contribution < -0.4 is 0 Å². The molecule has 0 spiro atoms. The topological polar surface area (TPSA) is 30.0 Å². The third kappa shape index (κ3) is 2.02. The van der Waals surface area contributed by atoms with Crippen LogP contribution in [0.15, 0.2) is 49.2 Å². The number of allylic oxidation sites excluding steroid dienone is 1. The van der Waals surface area contributed by atoms with Crippen LogP contribution in [0.25, 0.3) is 10.6 Å². The number of nitrogens with zero attached hydrogens (tertiary/aromatic N) is 1. The molecule has 1 aromatic heterocycles. The maximum absolute atomic E-state index is 11.3.